The third kappa shape index (κ3) is 5.80. The Hall–Kier alpha value is -1.92. The molecule has 1 aromatic rings. The number of piperazine rings is 1. The van der Waals surface area contributed by atoms with Crippen molar-refractivity contribution in [2.75, 3.05) is 44.6 Å². The van der Waals surface area contributed by atoms with Gasteiger partial charge >= 0.3 is 0 Å². The van der Waals surface area contributed by atoms with E-state index in [9.17, 15) is 9.59 Å². The Kier molecular flexibility index (Phi) is 7.67. The van der Waals surface area contributed by atoms with E-state index in [0.717, 1.165) is 51.1 Å². The van der Waals surface area contributed by atoms with Crippen LogP contribution in [0.2, 0.25) is 0 Å². The molecule has 0 spiro atoms. The third-order valence-electron chi connectivity index (χ3n) is 6.63. The Morgan fingerprint density at radius 3 is 2.21 bits per heavy atom. The van der Waals surface area contributed by atoms with Gasteiger partial charge in [0.25, 0.3) is 11.8 Å². The van der Waals surface area contributed by atoms with Gasteiger partial charge in [-0.3, -0.25) is 9.59 Å². The van der Waals surface area contributed by atoms with Gasteiger partial charge in [0.15, 0.2) is 13.1 Å². The fourth-order valence-electron chi connectivity index (χ4n) is 4.90. The summed E-state index contributed by atoms with van der Waals surface area (Å²) in [5.74, 6) is 0.383. The highest BCUT2D eigenvalue weighted by Gasteiger charge is 2.33. The molecule has 0 bridgehead atoms. The number of aryl methyl sites for hydroxylation is 1. The second-order valence-electron chi connectivity index (χ2n) is 8.84. The first-order valence-electron chi connectivity index (χ1n) is 11.3. The van der Waals surface area contributed by atoms with Crippen LogP contribution in [-0.2, 0) is 16.0 Å². The number of likely N-dealkylation sites (tertiary alicyclic amines) is 1. The summed E-state index contributed by atoms with van der Waals surface area (Å²) in [6, 6.07) is 8.74. The van der Waals surface area contributed by atoms with E-state index in [1.54, 1.807) is 0 Å². The number of carbonyl (C=O) groups excluding carboxylic acids is 2. The van der Waals surface area contributed by atoms with Gasteiger partial charge in [-0.2, -0.15) is 0 Å². The summed E-state index contributed by atoms with van der Waals surface area (Å²) < 4.78 is 0. The lowest BCUT2D eigenvalue weighted by molar-refractivity contribution is -1.00. The lowest BCUT2D eigenvalue weighted by atomic mass is 9.97. The summed E-state index contributed by atoms with van der Waals surface area (Å²) in [5.41, 5.74) is 2.10. The van der Waals surface area contributed by atoms with Gasteiger partial charge in [-0.1, -0.05) is 25.1 Å². The molecule has 0 aromatic heterocycles. The number of hydrogen-bond donors (Lipinski definition) is 3. The molecule has 6 nitrogen and oxygen atoms in total. The number of carbonyl (C=O) groups is 2. The summed E-state index contributed by atoms with van der Waals surface area (Å²) in [5, 5.41) is 3.08. The van der Waals surface area contributed by atoms with Gasteiger partial charge in [0, 0.05) is 17.8 Å². The molecule has 29 heavy (non-hydrogen) atoms. The maximum Gasteiger partial charge on any atom is 0.279 e. The van der Waals surface area contributed by atoms with Crippen LogP contribution < -0.4 is 15.1 Å². The normalized spacial score (nSPS) is 27.5. The SMILES string of the molecule is CCc1ccccc1NC(=O)C[NH+]1CC[NH+](CC(=O)N2[C@@H](C)CCC[C@@H]2C)CC1. The van der Waals surface area contributed by atoms with Crippen LogP contribution in [0.25, 0.3) is 0 Å². The largest absolute Gasteiger partial charge is 0.332 e. The standard InChI is InChI=1S/C23H36N4O2/c1-4-20-10-5-6-11-21(20)24-22(28)16-25-12-14-26(15-13-25)17-23(29)27-18(2)8-7-9-19(27)3/h5-6,10-11,18-19H,4,7-9,12-17H2,1-3H3,(H,24,28)/p+2/t18-,19-/m0/s1. The summed E-state index contributed by atoms with van der Waals surface area (Å²) in [7, 11) is 0. The predicted octanol–water partition coefficient (Wildman–Crippen LogP) is -0.240. The Balaban J connectivity index is 1.43. The van der Waals surface area contributed by atoms with Crippen molar-refractivity contribution in [3.05, 3.63) is 29.8 Å². The van der Waals surface area contributed by atoms with Crippen molar-refractivity contribution in [1.29, 1.82) is 0 Å². The van der Waals surface area contributed by atoms with E-state index < -0.39 is 0 Å². The first-order valence-corrected chi connectivity index (χ1v) is 11.3. The lowest BCUT2D eigenvalue weighted by Crippen LogP contribution is -3.28. The average Bonchev–Trinajstić information content (AvgIpc) is 2.69. The van der Waals surface area contributed by atoms with Crippen LogP contribution in [0.15, 0.2) is 24.3 Å². The monoisotopic (exact) mass is 402 g/mol. The second kappa shape index (κ2) is 10.2. The first-order chi connectivity index (χ1) is 14.0. The molecule has 2 saturated heterocycles. The molecule has 2 aliphatic rings. The van der Waals surface area contributed by atoms with Crippen molar-refractivity contribution in [1.82, 2.24) is 4.90 Å². The van der Waals surface area contributed by atoms with Crippen molar-refractivity contribution < 1.29 is 19.4 Å². The van der Waals surface area contributed by atoms with Gasteiger partial charge in [0.2, 0.25) is 0 Å². The van der Waals surface area contributed by atoms with E-state index in [0.29, 0.717) is 31.1 Å². The van der Waals surface area contributed by atoms with Gasteiger partial charge in [0.1, 0.15) is 26.2 Å². The van der Waals surface area contributed by atoms with E-state index in [1.165, 1.54) is 21.8 Å². The summed E-state index contributed by atoms with van der Waals surface area (Å²) >= 11 is 0. The fraction of sp³-hybridized carbons (Fsp3) is 0.652. The molecular weight excluding hydrogens is 364 g/mol. The highest BCUT2D eigenvalue weighted by Crippen LogP contribution is 2.22. The molecule has 6 heteroatoms. The fourth-order valence-corrected chi connectivity index (χ4v) is 4.90. The summed E-state index contributed by atoms with van der Waals surface area (Å²) in [6.07, 6.45) is 4.39. The van der Waals surface area contributed by atoms with Crippen LogP contribution in [0.4, 0.5) is 5.69 Å². The van der Waals surface area contributed by atoms with Crippen molar-refractivity contribution in [3.63, 3.8) is 0 Å². The Morgan fingerprint density at radius 1 is 1.00 bits per heavy atom. The van der Waals surface area contributed by atoms with Crippen LogP contribution in [0, 0.1) is 0 Å². The number of amides is 2. The van der Waals surface area contributed by atoms with Crippen LogP contribution in [0.5, 0.6) is 0 Å². The molecule has 2 fully saturated rings. The molecule has 2 aliphatic heterocycles. The minimum Gasteiger partial charge on any atom is -0.332 e. The number of nitrogens with one attached hydrogen (secondary N) is 3. The maximum atomic E-state index is 12.8. The molecule has 3 N–H and O–H groups in total. The van der Waals surface area contributed by atoms with Gasteiger partial charge in [-0.15, -0.1) is 0 Å². The molecule has 2 atom stereocenters. The smallest absolute Gasteiger partial charge is 0.279 e. The third-order valence-corrected chi connectivity index (χ3v) is 6.63. The van der Waals surface area contributed by atoms with Crippen LogP contribution in [0.1, 0.15) is 45.6 Å². The number of quaternary nitrogens is 2. The topological polar surface area (TPSA) is 58.3 Å². The molecule has 2 heterocycles. The van der Waals surface area contributed by atoms with E-state index in [4.69, 9.17) is 0 Å². The zero-order valence-corrected chi connectivity index (χ0v) is 18.3. The zero-order valence-electron chi connectivity index (χ0n) is 18.3. The average molecular weight is 403 g/mol. The van der Waals surface area contributed by atoms with Crippen LogP contribution in [0.3, 0.4) is 0 Å². The first kappa shape index (κ1) is 21.8. The summed E-state index contributed by atoms with van der Waals surface area (Å²) in [4.78, 5) is 30.1. The van der Waals surface area contributed by atoms with Gasteiger partial charge in [0.05, 0.1) is 0 Å². The molecule has 0 unspecified atom stereocenters. The zero-order chi connectivity index (χ0) is 20.8. The molecule has 2 amide bonds. The lowest BCUT2D eigenvalue weighted by Gasteiger charge is -2.39. The highest BCUT2D eigenvalue weighted by atomic mass is 16.2. The van der Waals surface area contributed by atoms with Crippen molar-refractivity contribution in [3.8, 4) is 0 Å². The Bertz CT molecular complexity index is 690. The van der Waals surface area contributed by atoms with E-state index in [2.05, 4.69) is 37.1 Å². The number of rotatable bonds is 6. The number of benzene rings is 1. The molecular formula is C23H38N4O2+2. The van der Waals surface area contributed by atoms with Gasteiger partial charge in [-0.05, 0) is 51.2 Å². The number of anilines is 1. The Morgan fingerprint density at radius 2 is 1.59 bits per heavy atom. The number of piperidine rings is 1. The van der Waals surface area contributed by atoms with Crippen molar-refractivity contribution in [2.24, 2.45) is 0 Å². The van der Waals surface area contributed by atoms with Crippen molar-refractivity contribution in [2.45, 2.75) is 58.5 Å². The molecule has 3 rings (SSSR count). The number of hydrogen-bond acceptors (Lipinski definition) is 2. The highest BCUT2D eigenvalue weighted by molar-refractivity contribution is 5.92. The van der Waals surface area contributed by atoms with E-state index in [-0.39, 0.29) is 5.91 Å². The molecule has 0 aliphatic carbocycles. The van der Waals surface area contributed by atoms with Gasteiger partial charge in [-0.25, -0.2) is 0 Å². The van der Waals surface area contributed by atoms with Crippen molar-refractivity contribution >= 4 is 17.5 Å². The Labute approximate surface area is 175 Å². The quantitative estimate of drug-likeness (QED) is 0.615. The van der Waals surface area contributed by atoms with E-state index >= 15 is 0 Å². The minimum atomic E-state index is 0.0800. The summed E-state index contributed by atoms with van der Waals surface area (Å²) in [6.45, 7) is 11.4. The maximum absolute atomic E-state index is 12.8. The minimum absolute atomic E-state index is 0.0800. The number of para-hydroxylation sites is 1. The van der Waals surface area contributed by atoms with Gasteiger partial charge < -0.3 is 20.0 Å². The van der Waals surface area contributed by atoms with E-state index in [1.807, 2.05) is 18.2 Å². The van der Waals surface area contributed by atoms with Crippen LogP contribution in [-0.4, -0.2) is 68.1 Å². The molecule has 1 aromatic carbocycles. The molecule has 0 radical (unpaired) electrons. The van der Waals surface area contributed by atoms with Crippen LogP contribution >= 0.6 is 0 Å². The molecule has 160 valence electrons. The predicted molar refractivity (Wildman–Crippen MR) is 115 cm³/mol. The molecule has 0 saturated carbocycles. The number of nitrogens with zero attached hydrogens (tertiary/aromatic N) is 1. The second-order valence-corrected chi connectivity index (χ2v) is 8.84.